The highest BCUT2D eigenvalue weighted by molar-refractivity contribution is 5.71. The minimum absolute atomic E-state index is 0.0627. The fourth-order valence-corrected chi connectivity index (χ4v) is 10.1. The second-order valence-corrected chi connectivity index (χ2v) is 22.4. The van der Waals surface area contributed by atoms with E-state index in [2.05, 4.69) is 32.9 Å². The summed E-state index contributed by atoms with van der Waals surface area (Å²) in [6, 6.07) is 0. The van der Waals surface area contributed by atoms with Gasteiger partial charge in [0.2, 0.25) is 0 Å². The van der Waals surface area contributed by atoms with Gasteiger partial charge >= 0.3 is 17.9 Å². The smallest absolute Gasteiger partial charge is 0.306 e. The van der Waals surface area contributed by atoms with Gasteiger partial charge in [0, 0.05) is 19.3 Å². The fraction of sp³-hybridized carbons (Fsp3) is 0.924. The lowest BCUT2D eigenvalue weighted by Gasteiger charge is -2.18. The lowest BCUT2D eigenvalue weighted by molar-refractivity contribution is -0.167. The van der Waals surface area contributed by atoms with Gasteiger partial charge in [0.05, 0.1) is 0 Å². The molecule has 0 saturated carbocycles. The normalized spacial score (nSPS) is 12.0. The Hall–Kier alpha value is -1.85. The SMILES string of the molecule is CCCCCCCCCC/C=C\CCCCCCCCCCCCCCCCCC(=O)OCC(COC(=O)CCCCCCCCCCCCCCC)OC(=O)CCCCCCCCCCCCCCCC. The number of carbonyl (C=O) groups excluding carboxylic acids is 3. The summed E-state index contributed by atoms with van der Waals surface area (Å²) in [4.78, 5) is 38.2. The maximum absolute atomic E-state index is 12.9. The van der Waals surface area contributed by atoms with E-state index in [4.69, 9.17) is 14.2 Å². The summed E-state index contributed by atoms with van der Waals surface area (Å²) in [7, 11) is 0. The standard InChI is InChI=1S/C66H126O6/c1-4-7-10-13-16-19-22-25-27-28-29-30-31-32-33-34-35-36-37-38-39-42-44-47-50-53-56-59-65(68)71-62-63(61-70-64(67)58-55-52-49-46-43-40-24-21-18-15-12-9-6-3)72-66(69)60-57-54-51-48-45-41-26-23-20-17-14-11-8-5-2/h28-29,63H,4-27,30-62H2,1-3H3/b29-28-. The minimum atomic E-state index is -0.764. The summed E-state index contributed by atoms with van der Waals surface area (Å²) in [5.41, 5.74) is 0. The van der Waals surface area contributed by atoms with Crippen LogP contribution in [0.4, 0.5) is 0 Å². The van der Waals surface area contributed by atoms with Gasteiger partial charge in [-0.3, -0.25) is 14.4 Å². The summed E-state index contributed by atoms with van der Waals surface area (Å²) in [6.07, 6.45) is 72.3. The number of carbonyl (C=O) groups is 3. The number of hydrogen-bond acceptors (Lipinski definition) is 6. The van der Waals surface area contributed by atoms with E-state index in [-0.39, 0.29) is 31.1 Å². The number of allylic oxidation sites excluding steroid dienone is 2. The molecule has 0 aliphatic heterocycles. The molecule has 72 heavy (non-hydrogen) atoms. The quantitative estimate of drug-likeness (QED) is 0.0261. The van der Waals surface area contributed by atoms with Crippen LogP contribution in [0.15, 0.2) is 12.2 Å². The molecule has 0 aliphatic carbocycles. The van der Waals surface area contributed by atoms with E-state index in [1.54, 1.807) is 0 Å². The first-order valence-electron chi connectivity index (χ1n) is 32.7. The zero-order valence-electron chi connectivity index (χ0n) is 49.0. The molecular formula is C66H126O6. The molecule has 0 heterocycles. The number of esters is 3. The molecule has 6 nitrogen and oxygen atoms in total. The lowest BCUT2D eigenvalue weighted by atomic mass is 10.0. The van der Waals surface area contributed by atoms with Crippen LogP contribution in [0.5, 0.6) is 0 Å². The van der Waals surface area contributed by atoms with Crippen molar-refractivity contribution < 1.29 is 28.6 Å². The summed E-state index contributed by atoms with van der Waals surface area (Å²) in [5.74, 6) is -0.833. The molecule has 0 bridgehead atoms. The monoisotopic (exact) mass is 1010 g/mol. The van der Waals surface area contributed by atoms with Gasteiger partial charge in [-0.05, 0) is 44.9 Å². The van der Waals surface area contributed by atoms with Gasteiger partial charge in [-0.15, -0.1) is 0 Å². The third-order valence-corrected chi connectivity index (χ3v) is 15.0. The van der Waals surface area contributed by atoms with E-state index >= 15 is 0 Å². The van der Waals surface area contributed by atoms with E-state index in [0.717, 1.165) is 57.8 Å². The van der Waals surface area contributed by atoms with Crippen molar-refractivity contribution >= 4 is 17.9 Å². The number of rotatable bonds is 61. The van der Waals surface area contributed by atoms with Crippen LogP contribution in [0.3, 0.4) is 0 Å². The highest BCUT2D eigenvalue weighted by atomic mass is 16.6. The third kappa shape index (κ3) is 59.0. The van der Waals surface area contributed by atoms with Crippen LogP contribution in [-0.2, 0) is 28.6 Å². The lowest BCUT2D eigenvalue weighted by Crippen LogP contribution is -2.30. The van der Waals surface area contributed by atoms with Crippen molar-refractivity contribution in [1.82, 2.24) is 0 Å². The topological polar surface area (TPSA) is 78.9 Å². The van der Waals surface area contributed by atoms with Gasteiger partial charge in [0.1, 0.15) is 13.2 Å². The predicted octanol–water partition coefficient (Wildman–Crippen LogP) is 22.1. The molecule has 0 amide bonds. The van der Waals surface area contributed by atoms with Crippen molar-refractivity contribution in [3.8, 4) is 0 Å². The molecule has 0 radical (unpaired) electrons. The number of ether oxygens (including phenoxy) is 3. The highest BCUT2D eigenvalue weighted by Gasteiger charge is 2.19. The van der Waals surface area contributed by atoms with Crippen molar-refractivity contribution in [2.75, 3.05) is 13.2 Å². The first-order valence-corrected chi connectivity index (χ1v) is 32.7. The molecule has 0 fully saturated rings. The van der Waals surface area contributed by atoms with Gasteiger partial charge in [0.25, 0.3) is 0 Å². The average Bonchev–Trinajstić information content (AvgIpc) is 3.38. The second-order valence-electron chi connectivity index (χ2n) is 22.4. The van der Waals surface area contributed by atoms with Crippen molar-refractivity contribution in [3.63, 3.8) is 0 Å². The summed E-state index contributed by atoms with van der Waals surface area (Å²) in [6.45, 7) is 6.71. The maximum Gasteiger partial charge on any atom is 0.306 e. The Morgan fingerprint density at radius 1 is 0.264 bits per heavy atom. The number of unbranched alkanes of at least 4 members (excludes halogenated alkanes) is 48. The zero-order chi connectivity index (χ0) is 52.2. The summed E-state index contributed by atoms with van der Waals surface area (Å²) in [5, 5.41) is 0. The van der Waals surface area contributed by atoms with E-state index in [1.165, 1.54) is 276 Å². The zero-order valence-corrected chi connectivity index (χ0v) is 49.0. The van der Waals surface area contributed by atoms with Crippen molar-refractivity contribution in [1.29, 1.82) is 0 Å². The molecule has 0 aliphatic rings. The molecule has 0 aromatic heterocycles. The van der Waals surface area contributed by atoms with Gasteiger partial charge < -0.3 is 14.2 Å². The Kier molecular flexibility index (Phi) is 60.1. The molecule has 1 unspecified atom stereocenters. The van der Waals surface area contributed by atoms with E-state index in [9.17, 15) is 14.4 Å². The van der Waals surface area contributed by atoms with E-state index in [1.807, 2.05) is 0 Å². The van der Waals surface area contributed by atoms with Crippen LogP contribution in [0, 0.1) is 0 Å². The van der Waals surface area contributed by atoms with Gasteiger partial charge in [-0.25, -0.2) is 0 Å². The maximum atomic E-state index is 12.9. The van der Waals surface area contributed by atoms with Crippen LogP contribution in [0.1, 0.15) is 374 Å². The van der Waals surface area contributed by atoms with Gasteiger partial charge in [0.15, 0.2) is 6.10 Å². The van der Waals surface area contributed by atoms with Crippen LogP contribution in [-0.4, -0.2) is 37.2 Å². The molecular weight excluding hydrogens is 889 g/mol. The first kappa shape index (κ1) is 70.1. The molecule has 0 N–H and O–H groups in total. The Bertz CT molecular complexity index is 1120. The van der Waals surface area contributed by atoms with E-state index < -0.39 is 6.10 Å². The largest absolute Gasteiger partial charge is 0.462 e. The fourth-order valence-electron chi connectivity index (χ4n) is 10.1. The van der Waals surface area contributed by atoms with Crippen molar-refractivity contribution in [2.45, 2.75) is 380 Å². The molecule has 0 rings (SSSR count). The van der Waals surface area contributed by atoms with Gasteiger partial charge in [-0.2, -0.15) is 0 Å². The molecule has 6 heteroatoms. The van der Waals surface area contributed by atoms with Crippen LogP contribution in [0.2, 0.25) is 0 Å². The minimum Gasteiger partial charge on any atom is -0.462 e. The Labute approximate surface area is 450 Å². The second kappa shape index (κ2) is 61.7. The summed E-state index contributed by atoms with van der Waals surface area (Å²) >= 11 is 0. The summed E-state index contributed by atoms with van der Waals surface area (Å²) < 4.78 is 16.9. The van der Waals surface area contributed by atoms with Crippen molar-refractivity contribution in [3.05, 3.63) is 12.2 Å². The van der Waals surface area contributed by atoms with Crippen LogP contribution in [0.25, 0.3) is 0 Å². The molecule has 0 spiro atoms. The third-order valence-electron chi connectivity index (χ3n) is 15.0. The molecule has 0 aromatic carbocycles. The Morgan fingerprint density at radius 2 is 0.458 bits per heavy atom. The average molecular weight is 1020 g/mol. The van der Waals surface area contributed by atoms with Crippen LogP contribution >= 0.6 is 0 Å². The first-order chi connectivity index (χ1) is 35.5. The molecule has 426 valence electrons. The Morgan fingerprint density at radius 3 is 0.694 bits per heavy atom. The molecule has 0 saturated heterocycles. The molecule has 0 aromatic rings. The van der Waals surface area contributed by atoms with Crippen molar-refractivity contribution in [2.24, 2.45) is 0 Å². The molecule has 1 atom stereocenters. The highest BCUT2D eigenvalue weighted by Crippen LogP contribution is 2.18. The Balaban J connectivity index is 4.15. The predicted molar refractivity (Wildman–Crippen MR) is 312 cm³/mol. The van der Waals surface area contributed by atoms with Crippen LogP contribution < -0.4 is 0 Å². The van der Waals surface area contributed by atoms with E-state index in [0.29, 0.717) is 19.3 Å². The van der Waals surface area contributed by atoms with Gasteiger partial charge in [-0.1, -0.05) is 322 Å². The number of hydrogen-bond donors (Lipinski definition) is 0.